The van der Waals surface area contributed by atoms with Crippen LogP contribution in [0, 0.1) is 20.8 Å². The third-order valence-corrected chi connectivity index (χ3v) is 6.32. The normalized spacial score (nSPS) is 10.4. The molecule has 111 valence electrons. The van der Waals surface area contributed by atoms with Crippen molar-refractivity contribution in [2.24, 2.45) is 0 Å². The molecule has 0 saturated heterocycles. The minimum atomic E-state index is -0.483. The van der Waals surface area contributed by atoms with Gasteiger partial charge in [-0.3, -0.25) is 0 Å². The zero-order chi connectivity index (χ0) is 15.5. The summed E-state index contributed by atoms with van der Waals surface area (Å²) in [5, 5.41) is 4.23. The molecular weight excluding hydrogens is 306 g/mol. The molecule has 3 aromatic rings. The van der Waals surface area contributed by atoms with E-state index in [1.807, 2.05) is 0 Å². The molecule has 0 spiro atoms. The van der Waals surface area contributed by atoms with Gasteiger partial charge in [-0.1, -0.05) is 89.5 Å². The Balaban J connectivity index is 0.00000192. The Hall–Kier alpha value is -0.910. The average molecular weight is 327 g/mol. The fourth-order valence-corrected chi connectivity index (χ4v) is 4.76. The van der Waals surface area contributed by atoms with Crippen molar-refractivity contribution in [2.45, 2.75) is 20.8 Å². The Kier molecular flexibility index (Phi) is 6.62. The van der Waals surface area contributed by atoms with Crippen LogP contribution in [0.5, 0.6) is 0 Å². The van der Waals surface area contributed by atoms with Crippen LogP contribution in [0.1, 0.15) is 16.7 Å². The molecule has 23 heavy (non-hydrogen) atoms. The summed E-state index contributed by atoms with van der Waals surface area (Å²) in [6.07, 6.45) is 0. The number of hydrogen-bond donors (Lipinski definition) is 0. The predicted octanol–water partition coefficient (Wildman–Crippen LogP) is 3.99. The summed E-state index contributed by atoms with van der Waals surface area (Å²) in [5.41, 5.74) is 3.93. The predicted molar refractivity (Wildman–Crippen MR) is 105 cm³/mol. The molecule has 0 aliphatic carbocycles. The molecule has 0 aliphatic rings. The molecule has 3 rings (SSSR count). The van der Waals surface area contributed by atoms with Gasteiger partial charge in [-0.15, -0.1) is 0 Å². The summed E-state index contributed by atoms with van der Waals surface area (Å²) in [6, 6.07) is 27.0. The second-order valence-electron chi connectivity index (χ2n) is 5.84. The Morgan fingerprint density at radius 2 is 0.652 bits per heavy atom. The standard InChI is InChI=1S/C21H21P.Na/c1-16-4-10-19(11-5-16)22(20-12-6-17(2)7-13-20)21-14-8-18(3)9-15-21;/h4-15H,1-3H3;. The van der Waals surface area contributed by atoms with Gasteiger partial charge in [0.2, 0.25) is 0 Å². The first kappa shape index (κ1) is 18.4. The Morgan fingerprint density at radius 1 is 0.435 bits per heavy atom. The van der Waals surface area contributed by atoms with Crippen LogP contribution >= 0.6 is 7.92 Å². The van der Waals surface area contributed by atoms with Gasteiger partial charge in [-0.2, -0.15) is 0 Å². The van der Waals surface area contributed by atoms with E-state index >= 15 is 0 Å². The van der Waals surface area contributed by atoms with E-state index in [0.29, 0.717) is 0 Å². The molecular formula is C21H21NaP. The van der Waals surface area contributed by atoms with Gasteiger partial charge in [0.25, 0.3) is 0 Å². The second-order valence-corrected chi connectivity index (χ2v) is 8.06. The van der Waals surface area contributed by atoms with E-state index in [-0.39, 0.29) is 29.6 Å². The maximum absolute atomic E-state index is 2.28. The van der Waals surface area contributed by atoms with Crippen LogP contribution in [0.3, 0.4) is 0 Å². The maximum Gasteiger partial charge on any atom is 0 e. The molecule has 0 fully saturated rings. The SMILES string of the molecule is Cc1ccc(P(c2ccc(C)cc2)c2ccc(C)cc2)cc1.[Na]. The number of aryl methyl sites for hydroxylation is 3. The van der Waals surface area contributed by atoms with Gasteiger partial charge in [0, 0.05) is 29.6 Å². The minimum Gasteiger partial charge on any atom is -0.0587 e. The van der Waals surface area contributed by atoms with Gasteiger partial charge in [0.15, 0.2) is 0 Å². The van der Waals surface area contributed by atoms with Gasteiger partial charge in [0.05, 0.1) is 0 Å². The Morgan fingerprint density at radius 3 is 0.870 bits per heavy atom. The quantitative estimate of drug-likeness (QED) is 0.504. The number of benzene rings is 3. The zero-order valence-corrected chi connectivity index (χ0v) is 17.3. The zero-order valence-electron chi connectivity index (χ0n) is 14.4. The third kappa shape index (κ3) is 4.55. The van der Waals surface area contributed by atoms with Gasteiger partial charge < -0.3 is 0 Å². The van der Waals surface area contributed by atoms with Crippen molar-refractivity contribution >= 4 is 53.4 Å². The molecule has 0 N–H and O–H groups in total. The number of hydrogen-bond acceptors (Lipinski definition) is 0. The molecule has 0 nitrogen and oxygen atoms in total. The minimum absolute atomic E-state index is 0. The first-order chi connectivity index (χ1) is 10.6. The van der Waals surface area contributed by atoms with Crippen LogP contribution in [0.25, 0.3) is 0 Å². The van der Waals surface area contributed by atoms with Gasteiger partial charge in [-0.25, -0.2) is 0 Å². The molecule has 0 amide bonds. The third-order valence-electron chi connectivity index (χ3n) is 3.88. The van der Waals surface area contributed by atoms with E-state index in [9.17, 15) is 0 Å². The maximum atomic E-state index is 2.28. The van der Waals surface area contributed by atoms with Crippen molar-refractivity contribution in [3.8, 4) is 0 Å². The van der Waals surface area contributed by atoms with E-state index in [1.165, 1.54) is 32.6 Å². The van der Waals surface area contributed by atoms with Crippen molar-refractivity contribution in [1.82, 2.24) is 0 Å². The summed E-state index contributed by atoms with van der Waals surface area (Å²) in [5.74, 6) is 0. The topological polar surface area (TPSA) is 0 Å². The summed E-state index contributed by atoms with van der Waals surface area (Å²) in [6.45, 7) is 6.43. The van der Waals surface area contributed by atoms with E-state index in [1.54, 1.807) is 0 Å². The molecule has 1 radical (unpaired) electrons. The molecule has 0 unspecified atom stereocenters. The van der Waals surface area contributed by atoms with E-state index in [2.05, 4.69) is 93.6 Å². The van der Waals surface area contributed by atoms with Crippen LogP contribution in [-0.2, 0) is 0 Å². The molecule has 3 aromatic carbocycles. The fraction of sp³-hybridized carbons (Fsp3) is 0.143. The largest absolute Gasteiger partial charge is 0.0587 e. The van der Waals surface area contributed by atoms with Crippen molar-refractivity contribution in [1.29, 1.82) is 0 Å². The monoisotopic (exact) mass is 327 g/mol. The summed E-state index contributed by atoms with van der Waals surface area (Å²) in [4.78, 5) is 0. The van der Waals surface area contributed by atoms with Crippen LogP contribution in [-0.4, -0.2) is 29.6 Å². The molecule has 0 atom stereocenters. The Bertz CT molecular complexity index is 635. The summed E-state index contributed by atoms with van der Waals surface area (Å²) >= 11 is 0. The first-order valence-electron chi connectivity index (χ1n) is 7.63. The van der Waals surface area contributed by atoms with Crippen LogP contribution in [0.15, 0.2) is 72.8 Å². The second kappa shape index (κ2) is 8.27. The summed E-state index contributed by atoms with van der Waals surface area (Å²) in [7, 11) is -0.483. The van der Waals surface area contributed by atoms with Gasteiger partial charge in [-0.05, 0) is 44.6 Å². The van der Waals surface area contributed by atoms with Crippen molar-refractivity contribution in [3.63, 3.8) is 0 Å². The molecule has 0 aliphatic heterocycles. The molecule has 0 heterocycles. The first-order valence-corrected chi connectivity index (χ1v) is 8.98. The molecule has 2 heteroatoms. The van der Waals surface area contributed by atoms with Crippen LogP contribution in [0.2, 0.25) is 0 Å². The van der Waals surface area contributed by atoms with Crippen molar-refractivity contribution in [3.05, 3.63) is 89.5 Å². The van der Waals surface area contributed by atoms with Gasteiger partial charge in [0.1, 0.15) is 0 Å². The van der Waals surface area contributed by atoms with Crippen molar-refractivity contribution in [2.75, 3.05) is 0 Å². The Labute approximate surface area is 163 Å². The average Bonchev–Trinajstić information content (AvgIpc) is 2.53. The van der Waals surface area contributed by atoms with Gasteiger partial charge >= 0.3 is 0 Å². The molecule has 0 aromatic heterocycles. The van der Waals surface area contributed by atoms with E-state index < -0.39 is 7.92 Å². The van der Waals surface area contributed by atoms with Crippen molar-refractivity contribution < 1.29 is 0 Å². The summed E-state index contributed by atoms with van der Waals surface area (Å²) < 4.78 is 0. The van der Waals surface area contributed by atoms with E-state index in [4.69, 9.17) is 0 Å². The molecule has 0 bridgehead atoms. The number of rotatable bonds is 3. The van der Waals surface area contributed by atoms with Crippen LogP contribution < -0.4 is 15.9 Å². The smallest absolute Gasteiger partial charge is 0 e. The van der Waals surface area contributed by atoms with Crippen LogP contribution in [0.4, 0.5) is 0 Å². The molecule has 0 saturated carbocycles. The fourth-order valence-electron chi connectivity index (χ4n) is 2.53. The van der Waals surface area contributed by atoms with E-state index in [0.717, 1.165) is 0 Å².